The Morgan fingerprint density at radius 1 is 1.12 bits per heavy atom. The van der Waals surface area contributed by atoms with E-state index in [4.69, 9.17) is 15.5 Å². The zero-order valence-electron chi connectivity index (χ0n) is 23.1. The number of aromatic nitrogens is 4. The van der Waals surface area contributed by atoms with E-state index in [1.165, 1.54) is 19.3 Å². The molecule has 2 aliphatic rings. The summed E-state index contributed by atoms with van der Waals surface area (Å²) >= 11 is 0. The molecule has 3 N–H and O–H groups in total. The highest BCUT2D eigenvalue weighted by Gasteiger charge is 2.43. The Morgan fingerprint density at radius 3 is 2.53 bits per heavy atom. The first-order valence-corrected chi connectivity index (χ1v) is 13.6. The topological polar surface area (TPSA) is 128 Å². The monoisotopic (exact) mass is 591 g/mol. The fourth-order valence-electron chi connectivity index (χ4n) is 6.28. The quantitative estimate of drug-likeness (QED) is 0.309. The van der Waals surface area contributed by atoms with E-state index in [0.29, 0.717) is 41.7 Å². The number of anilines is 2. The van der Waals surface area contributed by atoms with Crippen molar-refractivity contribution in [1.82, 2.24) is 24.3 Å². The number of ether oxygens (including phenoxy) is 1. The summed E-state index contributed by atoms with van der Waals surface area (Å²) in [4.78, 5) is 40.1. The minimum Gasteiger partial charge on any atom is -0.496 e. The van der Waals surface area contributed by atoms with Gasteiger partial charge in [-0.2, -0.15) is 13.2 Å². The number of nitrogen functional groups attached to an aromatic ring is 1. The number of alkyl halides is 3. The molecule has 2 amide bonds. The van der Waals surface area contributed by atoms with E-state index in [9.17, 15) is 22.8 Å². The van der Waals surface area contributed by atoms with E-state index in [2.05, 4.69) is 21.9 Å². The predicted octanol–water partition coefficient (Wildman–Crippen LogP) is 4.79. The average molecular weight is 592 g/mol. The number of halogens is 3. The van der Waals surface area contributed by atoms with Crippen LogP contribution < -0.4 is 15.8 Å². The maximum atomic E-state index is 13.1. The molecule has 222 valence electrons. The lowest BCUT2D eigenvalue weighted by molar-refractivity contribution is -0.137. The third-order valence-electron chi connectivity index (χ3n) is 8.26. The van der Waals surface area contributed by atoms with Crippen LogP contribution in [0.5, 0.6) is 5.75 Å². The molecule has 4 heterocycles. The number of methoxy groups -OCH3 is 1. The summed E-state index contributed by atoms with van der Waals surface area (Å²) in [5.74, 6) is 1.22. The molecule has 2 fully saturated rings. The predicted molar refractivity (Wildman–Crippen MR) is 152 cm³/mol. The normalized spacial score (nSPS) is 19.8. The number of carbonyl (C=O) groups excluding carboxylic acids is 2. The third kappa shape index (κ3) is 5.15. The number of imidazole rings is 1. The second-order valence-electron chi connectivity index (χ2n) is 10.8. The fourth-order valence-corrected chi connectivity index (χ4v) is 6.28. The number of hydrogen-bond donors (Lipinski definition) is 2. The largest absolute Gasteiger partial charge is 0.496 e. The summed E-state index contributed by atoms with van der Waals surface area (Å²) in [7, 11) is 1.39. The number of carbonyl (C=O) groups is 2. The van der Waals surface area contributed by atoms with E-state index in [1.807, 2.05) is 15.5 Å². The van der Waals surface area contributed by atoms with E-state index in [1.54, 1.807) is 18.3 Å². The molecule has 4 aromatic rings. The number of nitrogens with one attached hydrogen (secondary N) is 1. The number of rotatable bonds is 6. The van der Waals surface area contributed by atoms with Crippen LogP contribution in [0.2, 0.25) is 0 Å². The van der Waals surface area contributed by atoms with Gasteiger partial charge in [0.1, 0.15) is 34.4 Å². The second-order valence-corrected chi connectivity index (χ2v) is 10.8. The molecule has 1 aliphatic carbocycles. The van der Waals surface area contributed by atoms with Gasteiger partial charge in [-0.15, -0.1) is 0 Å². The van der Waals surface area contributed by atoms with Gasteiger partial charge in [0.25, 0.3) is 5.91 Å². The maximum Gasteiger partial charge on any atom is 0.416 e. The average Bonchev–Trinajstić information content (AvgIpc) is 3.68. The Morgan fingerprint density at radius 2 is 1.86 bits per heavy atom. The molecule has 0 spiro atoms. The van der Waals surface area contributed by atoms with Gasteiger partial charge in [0.2, 0.25) is 5.91 Å². The van der Waals surface area contributed by atoms with Crippen molar-refractivity contribution in [2.24, 2.45) is 11.8 Å². The van der Waals surface area contributed by atoms with Crippen LogP contribution in [-0.2, 0) is 11.0 Å². The molecule has 43 heavy (non-hydrogen) atoms. The molecule has 2 atom stereocenters. The van der Waals surface area contributed by atoms with Crippen LogP contribution >= 0.6 is 0 Å². The van der Waals surface area contributed by atoms with Gasteiger partial charge in [-0.05, 0) is 55.0 Å². The van der Waals surface area contributed by atoms with Gasteiger partial charge in [-0.25, -0.2) is 15.0 Å². The van der Waals surface area contributed by atoms with Crippen LogP contribution in [0.15, 0.2) is 61.6 Å². The molecule has 1 aromatic carbocycles. The highest BCUT2D eigenvalue weighted by Crippen LogP contribution is 2.47. The Bertz CT molecular complexity index is 1740. The number of pyridine rings is 1. The molecular formula is C30H28F3N7O3. The smallest absolute Gasteiger partial charge is 0.416 e. The highest BCUT2D eigenvalue weighted by atomic mass is 19.4. The molecule has 1 aliphatic heterocycles. The number of fused-ring (bicyclic) bond motifs is 2. The molecule has 13 heteroatoms. The van der Waals surface area contributed by atoms with Crippen molar-refractivity contribution in [2.75, 3.05) is 31.2 Å². The van der Waals surface area contributed by atoms with E-state index in [0.717, 1.165) is 37.0 Å². The van der Waals surface area contributed by atoms with Crippen molar-refractivity contribution in [3.05, 3.63) is 78.5 Å². The summed E-state index contributed by atoms with van der Waals surface area (Å²) in [5, 5.41) is 2.41. The molecule has 3 aromatic heterocycles. The van der Waals surface area contributed by atoms with Gasteiger partial charge in [0.15, 0.2) is 0 Å². The number of nitrogens with two attached hydrogens (primary N) is 1. The molecule has 1 saturated heterocycles. The maximum absolute atomic E-state index is 13.1. The summed E-state index contributed by atoms with van der Waals surface area (Å²) in [6, 6.07) is 6.41. The van der Waals surface area contributed by atoms with Crippen molar-refractivity contribution in [3.63, 3.8) is 0 Å². The zero-order valence-corrected chi connectivity index (χ0v) is 23.1. The standard InChI is InChI=1S/C30H28F3N7O3/c1-3-24(41)39-14-18-10-17(11-19(18)15-39)28-38-25(26-27(34)36-8-9-40(26)28)16-4-5-21(22(12-16)43-2)29(42)37-23-13-20(6-7-35-23)30(31,32)33/h3-9,12-13,17-19H,1,10-11,14-15H2,2H3,(H2,34,36)(H,35,37,42). The molecule has 6 rings (SSSR count). The Hall–Kier alpha value is -4.94. The Balaban J connectivity index is 1.30. The van der Waals surface area contributed by atoms with Crippen LogP contribution in [0.3, 0.4) is 0 Å². The SMILES string of the molecule is C=CC(=O)N1CC2CC(c3nc(-c4ccc(C(=O)Nc5cc(C(F)(F)F)ccn5)c(OC)c4)c4c(N)nccn34)CC2C1. The van der Waals surface area contributed by atoms with E-state index < -0.39 is 17.6 Å². The van der Waals surface area contributed by atoms with Crippen molar-refractivity contribution in [2.45, 2.75) is 24.9 Å². The van der Waals surface area contributed by atoms with Crippen LogP contribution in [-0.4, -0.2) is 56.3 Å². The summed E-state index contributed by atoms with van der Waals surface area (Å²) in [6.07, 6.45) is 2.94. The van der Waals surface area contributed by atoms with Crippen molar-refractivity contribution in [3.8, 4) is 17.0 Å². The Labute approximate surface area is 244 Å². The Kier molecular flexibility index (Phi) is 7.03. The first-order chi connectivity index (χ1) is 20.6. The summed E-state index contributed by atoms with van der Waals surface area (Å²) < 4.78 is 46.8. The second kappa shape index (κ2) is 10.7. The van der Waals surface area contributed by atoms with Crippen LogP contribution in [0.25, 0.3) is 16.8 Å². The molecule has 10 nitrogen and oxygen atoms in total. The number of amides is 2. The van der Waals surface area contributed by atoms with Gasteiger partial charge in [-0.1, -0.05) is 12.6 Å². The summed E-state index contributed by atoms with van der Waals surface area (Å²) in [6.45, 7) is 4.99. The number of likely N-dealkylation sites (tertiary alicyclic amines) is 1. The van der Waals surface area contributed by atoms with Gasteiger partial charge < -0.3 is 20.7 Å². The lowest BCUT2D eigenvalue weighted by Gasteiger charge is -2.17. The minimum atomic E-state index is -4.58. The fraction of sp³-hybridized carbons (Fsp3) is 0.300. The molecule has 0 bridgehead atoms. The van der Waals surface area contributed by atoms with E-state index >= 15 is 0 Å². The first-order valence-electron chi connectivity index (χ1n) is 13.6. The summed E-state index contributed by atoms with van der Waals surface area (Å²) in [5.41, 5.74) is 7.30. The van der Waals surface area contributed by atoms with E-state index in [-0.39, 0.29) is 34.8 Å². The van der Waals surface area contributed by atoms with Crippen molar-refractivity contribution >= 4 is 29.0 Å². The zero-order chi connectivity index (χ0) is 30.5. The van der Waals surface area contributed by atoms with Gasteiger partial charge in [0.05, 0.1) is 18.2 Å². The van der Waals surface area contributed by atoms with Crippen LogP contribution in [0, 0.1) is 11.8 Å². The van der Waals surface area contributed by atoms with Crippen molar-refractivity contribution < 1.29 is 27.5 Å². The highest BCUT2D eigenvalue weighted by molar-refractivity contribution is 6.06. The third-order valence-corrected chi connectivity index (χ3v) is 8.26. The molecule has 0 radical (unpaired) electrons. The number of benzene rings is 1. The van der Waals surface area contributed by atoms with Gasteiger partial charge >= 0.3 is 6.18 Å². The van der Waals surface area contributed by atoms with Crippen LogP contribution in [0.4, 0.5) is 24.8 Å². The van der Waals surface area contributed by atoms with Gasteiger partial charge in [-0.3, -0.25) is 14.0 Å². The lowest BCUT2D eigenvalue weighted by Crippen LogP contribution is -2.28. The lowest BCUT2D eigenvalue weighted by atomic mass is 10.0. The number of nitrogens with zero attached hydrogens (tertiary/aromatic N) is 5. The molecular weight excluding hydrogens is 563 g/mol. The number of hydrogen-bond acceptors (Lipinski definition) is 7. The van der Waals surface area contributed by atoms with Gasteiger partial charge in [0, 0.05) is 43.2 Å². The van der Waals surface area contributed by atoms with Crippen LogP contribution in [0.1, 0.15) is 40.5 Å². The molecule has 2 unspecified atom stereocenters. The van der Waals surface area contributed by atoms with Crippen molar-refractivity contribution in [1.29, 1.82) is 0 Å². The minimum absolute atomic E-state index is 0.0458. The molecule has 1 saturated carbocycles. The first kappa shape index (κ1) is 28.2.